The van der Waals surface area contributed by atoms with Crippen LogP contribution in [0.2, 0.25) is 0 Å². The number of nitrogens with one attached hydrogen (secondary N) is 1. The smallest absolute Gasteiger partial charge is 0.303 e. The fourth-order valence-corrected chi connectivity index (χ4v) is 1.73. The van der Waals surface area contributed by atoms with Crippen molar-refractivity contribution in [3.63, 3.8) is 0 Å². The summed E-state index contributed by atoms with van der Waals surface area (Å²) >= 11 is 0. The molecule has 0 aliphatic heterocycles. The third kappa shape index (κ3) is 4.69. The highest BCUT2D eigenvalue weighted by Gasteiger charge is 2.13. The van der Waals surface area contributed by atoms with E-state index in [9.17, 15) is 14.0 Å². The fourth-order valence-electron chi connectivity index (χ4n) is 1.73. The Hall–Kier alpha value is -1.91. The molecule has 0 fully saturated rings. The minimum absolute atomic E-state index is 0.0270. The SMILES string of the molecule is CCC(CNC(=O)c1ccc(F)c(C)c1)CC(=O)O. The van der Waals surface area contributed by atoms with Gasteiger partial charge in [-0.1, -0.05) is 13.3 Å². The minimum Gasteiger partial charge on any atom is -0.481 e. The number of amides is 1. The molecular weight excluding hydrogens is 249 g/mol. The third-order valence-electron chi connectivity index (χ3n) is 3.01. The largest absolute Gasteiger partial charge is 0.481 e. The Kier molecular flexibility index (Phi) is 5.48. The molecule has 4 nitrogen and oxygen atoms in total. The summed E-state index contributed by atoms with van der Waals surface area (Å²) in [5.74, 6) is -1.64. The molecule has 2 N–H and O–H groups in total. The molecule has 5 heteroatoms. The summed E-state index contributed by atoms with van der Waals surface area (Å²) < 4.78 is 13.1. The molecule has 0 aliphatic rings. The second-order valence-electron chi connectivity index (χ2n) is 4.55. The van der Waals surface area contributed by atoms with Gasteiger partial charge in [-0.25, -0.2) is 4.39 Å². The maximum Gasteiger partial charge on any atom is 0.303 e. The van der Waals surface area contributed by atoms with E-state index in [4.69, 9.17) is 5.11 Å². The van der Waals surface area contributed by atoms with E-state index < -0.39 is 5.97 Å². The number of hydrogen-bond acceptors (Lipinski definition) is 2. The Balaban J connectivity index is 2.59. The second-order valence-corrected chi connectivity index (χ2v) is 4.55. The Morgan fingerprint density at radius 2 is 2.11 bits per heavy atom. The van der Waals surface area contributed by atoms with E-state index in [0.717, 1.165) is 0 Å². The lowest BCUT2D eigenvalue weighted by Gasteiger charge is -2.13. The molecule has 19 heavy (non-hydrogen) atoms. The highest BCUT2D eigenvalue weighted by atomic mass is 19.1. The molecule has 1 aromatic carbocycles. The van der Waals surface area contributed by atoms with Crippen LogP contribution in [-0.4, -0.2) is 23.5 Å². The third-order valence-corrected chi connectivity index (χ3v) is 3.01. The number of carbonyl (C=O) groups is 2. The van der Waals surface area contributed by atoms with Crippen molar-refractivity contribution in [2.45, 2.75) is 26.7 Å². The van der Waals surface area contributed by atoms with Crippen molar-refractivity contribution in [1.29, 1.82) is 0 Å². The maximum absolute atomic E-state index is 13.1. The molecule has 0 spiro atoms. The second kappa shape index (κ2) is 6.87. The van der Waals surface area contributed by atoms with Crippen LogP contribution in [0.1, 0.15) is 35.7 Å². The van der Waals surface area contributed by atoms with Crippen molar-refractivity contribution < 1.29 is 19.1 Å². The van der Waals surface area contributed by atoms with Crippen LogP contribution in [0.15, 0.2) is 18.2 Å². The van der Waals surface area contributed by atoms with Gasteiger partial charge in [-0.15, -0.1) is 0 Å². The van der Waals surface area contributed by atoms with Crippen LogP contribution in [0.25, 0.3) is 0 Å². The Morgan fingerprint density at radius 3 is 2.63 bits per heavy atom. The number of aliphatic carboxylic acids is 1. The molecule has 1 rings (SSSR count). The standard InChI is InChI=1S/C14H18FNO3/c1-3-10(7-13(17)18)8-16-14(19)11-4-5-12(15)9(2)6-11/h4-6,10H,3,7-8H2,1-2H3,(H,16,19)(H,17,18). The summed E-state index contributed by atoms with van der Waals surface area (Å²) in [7, 11) is 0. The molecule has 0 saturated carbocycles. The maximum atomic E-state index is 13.1. The summed E-state index contributed by atoms with van der Waals surface area (Å²) in [6.07, 6.45) is 0.703. The van der Waals surface area contributed by atoms with E-state index in [0.29, 0.717) is 24.1 Å². The number of carboxylic acids is 1. The molecule has 104 valence electrons. The van der Waals surface area contributed by atoms with Crippen molar-refractivity contribution in [3.8, 4) is 0 Å². The number of carbonyl (C=O) groups excluding carboxylic acids is 1. The van der Waals surface area contributed by atoms with Crippen LogP contribution >= 0.6 is 0 Å². The van der Waals surface area contributed by atoms with Crippen molar-refractivity contribution in [3.05, 3.63) is 35.1 Å². The zero-order valence-electron chi connectivity index (χ0n) is 11.1. The van der Waals surface area contributed by atoms with Gasteiger partial charge in [0.1, 0.15) is 5.82 Å². The van der Waals surface area contributed by atoms with Crippen LogP contribution in [0.4, 0.5) is 4.39 Å². The predicted octanol–water partition coefficient (Wildman–Crippen LogP) is 2.36. The molecule has 0 bridgehead atoms. The van der Waals surface area contributed by atoms with Crippen molar-refractivity contribution in [2.24, 2.45) is 5.92 Å². The van der Waals surface area contributed by atoms with Crippen LogP contribution in [0.5, 0.6) is 0 Å². The molecule has 1 atom stereocenters. The molecule has 1 amide bonds. The number of aryl methyl sites for hydroxylation is 1. The highest BCUT2D eigenvalue weighted by molar-refractivity contribution is 5.94. The topological polar surface area (TPSA) is 66.4 Å². The first-order chi connectivity index (χ1) is 8.93. The van der Waals surface area contributed by atoms with Gasteiger partial charge in [0.2, 0.25) is 0 Å². The van der Waals surface area contributed by atoms with Gasteiger partial charge in [-0.05, 0) is 36.6 Å². The summed E-state index contributed by atoms with van der Waals surface area (Å²) in [4.78, 5) is 22.4. The first-order valence-electron chi connectivity index (χ1n) is 6.20. The minimum atomic E-state index is -0.876. The van der Waals surface area contributed by atoms with E-state index >= 15 is 0 Å². The van der Waals surface area contributed by atoms with Gasteiger partial charge in [0.05, 0.1) is 0 Å². The molecular formula is C14H18FNO3. The summed E-state index contributed by atoms with van der Waals surface area (Å²) in [6, 6.07) is 4.14. The number of benzene rings is 1. The van der Waals surface area contributed by atoms with Crippen LogP contribution in [0.3, 0.4) is 0 Å². The lowest BCUT2D eigenvalue weighted by molar-refractivity contribution is -0.138. The normalized spacial score (nSPS) is 11.9. The molecule has 1 unspecified atom stereocenters. The lowest BCUT2D eigenvalue weighted by Crippen LogP contribution is -2.30. The zero-order valence-corrected chi connectivity index (χ0v) is 11.1. The fraction of sp³-hybridized carbons (Fsp3) is 0.429. The Labute approximate surface area is 111 Å². The first kappa shape index (κ1) is 15.1. The van der Waals surface area contributed by atoms with Gasteiger partial charge in [0, 0.05) is 18.5 Å². The van der Waals surface area contributed by atoms with E-state index in [1.807, 2.05) is 6.92 Å². The van der Waals surface area contributed by atoms with Crippen molar-refractivity contribution in [1.82, 2.24) is 5.32 Å². The molecule has 0 aromatic heterocycles. The molecule has 0 radical (unpaired) electrons. The number of rotatable bonds is 6. The lowest BCUT2D eigenvalue weighted by atomic mass is 10.0. The van der Waals surface area contributed by atoms with Crippen LogP contribution < -0.4 is 5.32 Å². The van der Waals surface area contributed by atoms with E-state index in [1.165, 1.54) is 18.2 Å². The van der Waals surface area contributed by atoms with Gasteiger partial charge in [-0.2, -0.15) is 0 Å². The van der Waals surface area contributed by atoms with Gasteiger partial charge in [0.15, 0.2) is 0 Å². The number of halogens is 1. The number of carboxylic acid groups (broad SMARTS) is 1. The molecule has 1 aromatic rings. The first-order valence-corrected chi connectivity index (χ1v) is 6.20. The highest BCUT2D eigenvalue weighted by Crippen LogP contribution is 2.10. The molecule has 0 saturated heterocycles. The van der Waals surface area contributed by atoms with Crippen LogP contribution in [-0.2, 0) is 4.79 Å². The monoisotopic (exact) mass is 267 g/mol. The molecule has 0 aliphatic carbocycles. The van der Waals surface area contributed by atoms with E-state index in [2.05, 4.69) is 5.32 Å². The van der Waals surface area contributed by atoms with Gasteiger partial charge < -0.3 is 10.4 Å². The summed E-state index contributed by atoms with van der Waals surface area (Å²) in [5, 5.41) is 11.4. The quantitative estimate of drug-likeness (QED) is 0.831. The van der Waals surface area contributed by atoms with Crippen molar-refractivity contribution in [2.75, 3.05) is 6.54 Å². The van der Waals surface area contributed by atoms with E-state index in [1.54, 1.807) is 6.92 Å². The summed E-state index contributed by atoms with van der Waals surface area (Å²) in [6.45, 7) is 3.77. The number of hydrogen-bond donors (Lipinski definition) is 2. The molecule has 0 heterocycles. The van der Waals surface area contributed by atoms with Crippen LogP contribution in [0, 0.1) is 18.7 Å². The Bertz CT molecular complexity index is 474. The van der Waals surface area contributed by atoms with Gasteiger partial charge >= 0.3 is 5.97 Å². The predicted molar refractivity (Wildman–Crippen MR) is 69.5 cm³/mol. The van der Waals surface area contributed by atoms with E-state index in [-0.39, 0.29) is 24.1 Å². The van der Waals surface area contributed by atoms with Gasteiger partial charge in [-0.3, -0.25) is 9.59 Å². The van der Waals surface area contributed by atoms with Crippen molar-refractivity contribution >= 4 is 11.9 Å². The summed E-state index contributed by atoms with van der Waals surface area (Å²) in [5.41, 5.74) is 0.786. The zero-order chi connectivity index (χ0) is 14.4. The van der Waals surface area contributed by atoms with Gasteiger partial charge in [0.25, 0.3) is 5.91 Å². The Morgan fingerprint density at radius 1 is 1.42 bits per heavy atom. The average Bonchev–Trinajstić information content (AvgIpc) is 2.36. The average molecular weight is 267 g/mol.